The number of nitrogens with two attached hydrogens (primary N) is 2. The molecule has 0 saturated carbocycles. The van der Waals surface area contributed by atoms with E-state index in [-0.39, 0.29) is 12.5 Å². The van der Waals surface area contributed by atoms with Crippen LogP contribution >= 0.6 is 0 Å². The first kappa shape index (κ1) is 12.3. The van der Waals surface area contributed by atoms with Crippen molar-refractivity contribution in [2.24, 2.45) is 11.6 Å². The van der Waals surface area contributed by atoms with E-state index < -0.39 is 0 Å². The molecule has 7 heteroatoms. The molecule has 0 fully saturated rings. The van der Waals surface area contributed by atoms with Crippen molar-refractivity contribution in [3.63, 3.8) is 0 Å². The molecule has 0 aromatic carbocycles. The number of carbonyl (C=O) groups is 1. The van der Waals surface area contributed by atoms with Crippen LogP contribution in [0.2, 0.25) is 0 Å². The molecule has 7 nitrogen and oxygen atoms in total. The van der Waals surface area contributed by atoms with Crippen LogP contribution in [0.15, 0.2) is 6.07 Å². The Morgan fingerprint density at radius 1 is 1.56 bits per heavy atom. The Kier molecular flexibility index (Phi) is 4.15. The molecule has 1 aromatic rings. The summed E-state index contributed by atoms with van der Waals surface area (Å²) in [5.41, 5.74) is 8.35. The van der Waals surface area contributed by atoms with Gasteiger partial charge in [-0.05, 0) is 14.0 Å². The van der Waals surface area contributed by atoms with E-state index in [4.69, 9.17) is 11.6 Å². The van der Waals surface area contributed by atoms with E-state index in [2.05, 4.69) is 15.4 Å². The molecule has 1 rings (SSSR count). The summed E-state index contributed by atoms with van der Waals surface area (Å²) in [6.07, 6.45) is 0. The Balaban J connectivity index is 2.72. The molecule has 0 aliphatic carbocycles. The first-order chi connectivity index (χ1) is 7.51. The molecular weight excluding hydrogens is 208 g/mol. The van der Waals surface area contributed by atoms with E-state index >= 15 is 0 Å². The highest BCUT2D eigenvalue weighted by Gasteiger charge is 2.07. The third kappa shape index (κ3) is 3.79. The van der Waals surface area contributed by atoms with Crippen molar-refractivity contribution in [3.05, 3.63) is 17.6 Å². The number of carbonyl (C=O) groups excluding carboxylic acids is 1. The van der Waals surface area contributed by atoms with Gasteiger partial charge in [0.15, 0.2) is 0 Å². The van der Waals surface area contributed by atoms with Crippen LogP contribution in [0.1, 0.15) is 11.5 Å². The highest BCUT2D eigenvalue weighted by Crippen LogP contribution is 2.05. The second-order valence-corrected chi connectivity index (χ2v) is 3.59. The van der Waals surface area contributed by atoms with Crippen LogP contribution in [0.3, 0.4) is 0 Å². The maximum atomic E-state index is 10.7. The lowest BCUT2D eigenvalue weighted by molar-refractivity contribution is -0.118. The number of anilines is 1. The largest absolute Gasteiger partial charge is 0.369 e. The molecular formula is C9H16N6O. The number of amides is 1. The van der Waals surface area contributed by atoms with Gasteiger partial charge in [-0.25, -0.2) is 15.8 Å². The first-order valence-electron chi connectivity index (χ1n) is 4.79. The van der Waals surface area contributed by atoms with Gasteiger partial charge in [-0.3, -0.25) is 9.69 Å². The number of aryl methyl sites for hydroxylation is 1. The smallest absolute Gasteiger partial charge is 0.231 e. The lowest BCUT2D eigenvalue weighted by Crippen LogP contribution is -2.31. The summed E-state index contributed by atoms with van der Waals surface area (Å²) >= 11 is 0. The summed E-state index contributed by atoms with van der Waals surface area (Å²) in [7, 11) is 1.77. The lowest BCUT2D eigenvalue weighted by Gasteiger charge is -2.14. The second kappa shape index (κ2) is 5.38. The van der Waals surface area contributed by atoms with Crippen molar-refractivity contribution in [2.45, 2.75) is 13.5 Å². The van der Waals surface area contributed by atoms with Crippen LogP contribution in [0.4, 0.5) is 5.82 Å². The van der Waals surface area contributed by atoms with E-state index in [1.165, 1.54) is 0 Å². The Morgan fingerprint density at radius 2 is 2.25 bits per heavy atom. The van der Waals surface area contributed by atoms with Crippen molar-refractivity contribution in [1.29, 1.82) is 0 Å². The summed E-state index contributed by atoms with van der Waals surface area (Å²) < 4.78 is 0. The number of primary amides is 1. The summed E-state index contributed by atoms with van der Waals surface area (Å²) in [6, 6.07) is 1.73. The third-order valence-electron chi connectivity index (χ3n) is 1.89. The molecule has 0 unspecified atom stereocenters. The van der Waals surface area contributed by atoms with Crippen molar-refractivity contribution in [2.75, 3.05) is 19.0 Å². The Morgan fingerprint density at radius 3 is 2.81 bits per heavy atom. The third-order valence-corrected chi connectivity index (χ3v) is 1.89. The van der Waals surface area contributed by atoms with Gasteiger partial charge < -0.3 is 11.2 Å². The number of hydrogen-bond donors (Lipinski definition) is 3. The van der Waals surface area contributed by atoms with Gasteiger partial charge in [-0.1, -0.05) is 0 Å². The minimum Gasteiger partial charge on any atom is -0.369 e. The molecule has 1 aromatic heterocycles. The summed E-state index contributed by atoms with van der Waals surface area (Å²) in [4.78, 5) is 20.8. The number of aromatic nitrogens is 2. The van der Waals surface area contributed by atoms with E-state index in [1.807, 2.05) is 6.92 Å². The number of hydrogen-bond acceptors (Lipinski definition) is 6. The standard InChI is InChI=1S/C9H16N6O/c1-6-3-8(14-11)13-9(12-6)5-15(2)4-7(10)16/h3H,4-5,11H2,1-2H3,(H2,10,16)(H,12,13,14). The average molecular weight is 224 g/mol. The number of nitrogens with zero attached hydrogens (tertiary/aromatic N) is 3. The predicted octanol–water partition coefficient (Wildman–Crippen LogP) is -1.01. The fraction of sp³-hybridized carbons (Fsp3) is 0.444. The molecule has 0 saturated heterocycles. The SMILES string of the molecule is Cc1cc(NN)nc(CN(C)CC(N)=O)n1. The molecule has 16 heavy (non-hydrogen) atoms. The van der Waals surface area contributed by atoms with E-state index in [1.54, 1.807) is 18.0 Å². The summed E-state index contributed by atoms with van der Waals surface area (Å²) in [5, 5.41) is 0. The maximum absolute atomic E-state index is 10.7. The van der Waals surface area contributed by atoms with Crippen LogP contribution in [-0.4, -0.2) is 34.4 Å². The van der Waals surface area contributed by atoms with Gasteiger partial charge in [0.1, 0.15) is 11.6 Å². The molecule has 0 radical (unpaired) electrons. The monoisotopic (exact) mass is 224 g/mol. The van der Waals surface area contributed by atoms with Crippen molar-refractivity contribution >= 4 is 11.7 Å². The molecule has 1 amide bonds. The number of nitrogen functional groups attached to an aromatic ring is 1. The molecule has 0 aliphatic heterocycles. The van der Waals surface area contributed by atoms with E-state index in [9.17, 15) is 4.79 Å². The minimum atomic E-state index is -0.382. The van der Waals surface area contributed by atoms with E-state index in [0.29, 0.717) is 18.2 Å². The van der Waals surface area contributed by atoms with E-state index in [0.717, 1.165) is 5.69 Å². The normalized spacial score (nSPS) is 10.5. The molecule has 1 heterocycles. The number of nitrogens with one attached hydrogen (secondary N) is 1. The molecule has 5 N–H and O–H groups in total. The number of likely N-dealkylation sites (N-methyl/N-ethyl adjacent to an activating group) is 1. The van der Waals surface area contributed by atoms with Gasteiger partial charge in [0, 0.05) is 11.8 Å². The predicted molar refractivity (Wildman–Crippen MR) is 60.1 cm³/mol. The van der Waals surface area contributed by atoms with Crippen molar-refractivity contribution in [1.82, 2.24) is 14.9 Å². The van der Waals surface area contributed by atoms with Gasteiger partial charge in [-0.15, -0.1) is 0 Å². The summed E-state index contributed by atoms with van der Waals surface area (Å²) in [5.74, 6) is 6.03. The number of hydrazine groups is 1. The molecule has 0 aliphatic rings. The molecule has 88 valence electrons. The minimum absolute atomic E-state index is 0.169. The van der Waals surface area contributed by atoms with Crippen LogP contribution in [0, 0.1) is 6.92 Å². The maximum Gasteiger partial charge on any atom is 0.231 e. The molecule has 0 spiro atoms. The Labute approximate surface area is 93.8 Å². The van der Waals surface area contributed by atoms with Gasteiger partial charge in [0.2, 0.25) is 5.91 Å². The zero-order valence-electron chi connectivity index (χ0n) is 9.40. The fourth-order valence-corrected chi connectivity index (χ4v) is 1.34. The molecule has 0 bridgehead atoms. The fourth-order valence-electron chi connectivity index (χ4n) is 1.34. The Bertz CT molecular complexity index is 380. The first-order valence-corrected chi connectivity index (χ1v) is 4.79. The quantitative estimate of drug-likeness (QED) is 0.436. The lowest BCUT2D eigenvalue weighted by atomic mass is 10.4. The number of rotatable bonds is 5. The highest BCUT2D eigenvalue weighted by atomic mass is 16.1. The zero-order valence-corrected chi connectivity index (χ0v) is 9.40. The second-order valence-electron chi connectivity index (χ2n) is 3.59. The van der Waals surface area contributed by atoms with Crippen molar-refractivity contribution in [3.8, 4) is 0 Å². The highest BCUT2D eigenvalue weighted by molar-refractivity contribution is 5.75. The van der Waals surface area contributed by atoms with Crippen LogP contribution in [0.25, 0.3) is 0 Å². The van der Waals surface area contributed by atoms with Gasteiger partial charge in [0.05, 0.1) is 13.1 Å². The van der Waals surface area contributed by atoms with Crippen LogP contribution < -0.4 is 17.0 Å². The average Bonchev–Trinajstić information content (AvgIpc) is 2.14. The Hall–Kier alpha value is -1.73. The van der Waals surface area contributed by atoms with Gasteiger partial charge in [-0.2, -0.15) is 0 Å². The van der Waals surface area contributed by atoms with Crippen LogP contribution in [0.5, 0.6) is 0 Å². The topological polar surface area (TPSA) is 110 Å². The van der Waals surface area contributed by atoms with Gasteiger partial charge in [0.25, 0.3) is 0 Å². The van der Waals surface area contributed by atoms with Crippen molar-refractivity contribution < 1.29 is 4.79 Å². The zero-order chi connectivity index (χ0) is 12.1. The van der Waals surface area contributed by atoms with Gasteiger partial charge >= 0.3 is 0 Å². The summed E-state index contributed by atoms with van der Waals surface area (Å²) in [6.45, 7) is 2.46. The van der Waals surface area contributed by atoms with Crippen LogP contribution in [-0.2, 0) is 11.3 Å². The molecule has 0 atom stereocenters.